The van der Waals surface area contributed by atoms with Crippen molar-refractivity contribution in [2.75, 3.05) is 11.1 Å². The third kappa shape index (κ3) is 2.83. The molecule has 4 nitrogen and oxygen atoms in total. The molecule has 0 unspecified atom stereocenters. The Morgan fingerprint density at radius 3 is 2.68 bits per heavy atom. The van der Waals surface area contributed by atoms with Gasteiger partial charge in [-0.2, -0.15) is 5.10 Å². The van der Waals surface area contributed by atoms with E-state index in [1.54, 1.807) is 6.07 Å². The number of benzene rings is 1. The Bertz CT molecular complexity index is 622. The number of hydrogen-bond acceptors (Lipinski definition) is 3. The van der Waals surface area contributed by atoms with Gasteiger partial charge in [-0.1, -0.05) is 0 Å². The zero-order valence-corrected chi connectivity index (χ0v) is 13.2. The van der Waals surface area contributed by atoms with Crippen LogP contribution in [0, 0.1) is 23.2 Å². The minimum absolute atomic E-state index is 0.267. The highest BCUT2D eigenvalue weighted by molar-refractivity contribution is 14.1. The highest BCUT2D eigenvalue weighted by Crippen LogP contribution is 2.25. The molecule has 19 heavy (non-hydrogen) atoms. The highest BCUT2D eigenvalue weighted by Gasteiger charge is 2.10. The van der Waals surface area contributed by atoms with Gasteiger partial charge in [0.1, 0.15) is 5.82 Å². The summed E-state index contributed by atoms with van der Waals surface area (Å²) < 4.78 is 15.9. The van der Waals surface area contributed by atoms with Gasteiger partial charge in [0, 0.05) is 30.9 Å². The number of aryl methyl sites for hydroxylation is 2. The van der Waals surface area contributed by atoms with Crippen molar-refractivity contribution >= 4 is 34.0 Å². The van der Waals surface area contributed by atoms with Gasteiger partial charge >= 0.3 is 0 Å². The maximum atomic E-state index is 13.5. The van der Waals surface area contributed by atoms with Gasteiger partial charge in [0.15, 0.2) is 0 Å². The van der Waals surface area contributed by atoms with E-state index in [0.29, 0.717) is 21.5 Å². The minimum Gasteiger partial charge on any atom is -0.397 e. The van der Waals surface area contributed by atoms with Gasteiger partial charge in [-0.15, -0.1) is 0 Å². The molecule has 0 aliphatic rings. The lowest BCUT2D eigenvalue weighted by atomic mass is 10.2. The summed E-state index contributed by atoms with van der Waals surface area (Å²) in [6.45, 7) is 4.55. The summed E-state index contributed by atoms with van der Waals surface area (Å²) in [4.78, 5) is 0. The number of nitrogens with zero attached hydrogens (tertiary/aromatic N) is 2. The molecule has 102 valence electrons. The van der Waals surface area contributed by atoms with E-state index in [1.807, 2.05) is 48.2 Å². The molecule has 6 heteroatoms. The number of halogens is 2. The SMILES string of the molecule is Cc1nn(C)c(C)c1CNc1cc(F)c(I)cc1N. The van der Waals surface area contributed by atoms with Crippen LogP contribution < -0.4 is 11.1 Å². The van der Waals surface area contributed by atoms with Crippen molar-refractivity contribution in [3.63, 3.8) is 0 Å². The fraction of sp³-hybridized carbons (Fsp3) is 0.308. The molecule has 0 atom stereocenters. The van der Waals surface area contributed by atoms with E-state index in [4.69, 9.17) is 5.73 Å². The number of nitrogens with one attached hydrogen (secondary N) is 1. The standard InChI is InChI=1S/C13H16FIN4/c1-7-9(8(2)19(3)18-7)6-17-13-4-10(14)11(15)5-12(13)16/h4-5,17H,6,16H2,1-3H3. The predicted octanol–water partition coefficient (Wildman–Crippen LogP) is 2.97. The van der Waals surface area contributed by atoms with Crippen molar-refractivity contribution < 1.29 is 4.39 Å². The second-order valence-corrected chi connectivity index (χ2v) is 5.64. The number of nitrogen functional groups attached to an aromatic ring is 1. The molecule has 0 radical (unpaired) electrons. The first-order chi connectivity index (χ1) is 8.90. The van der Waals surface area contributed by atoms with Crippen molar-refractivity contribution in [3.8, 4) is 0 Å². The van der Waals surface area contributed by atoms with Crippen LogP contribution >= 0.6 is 22.6 Å². The first-order valence-electron chi connectivity index (χ1n) is 5.87. The summed E-state index contributed by atoms with van der Waals surface area (Å²) >= 11 is 1.92. The first kappa shape index (κ1) is 14.1. The summed E-state index contributed by atoms with van der Waals surface area (Å²) in [5.74, 6) is -0.267. The molecule has 0 spiro atoms. The molecule has 1 aromatic carbocycles. The average molecular weight is 374 g/mol. The second kappa shape index (κ2) is 5.36. The van der Waals surface area contributed by atoms with E-state index in [1.165, 1.54) is 6.07 Å². The van der Waals surface area contributed by atoms with Crippen molar-refractivity contribution in [1.82, 2.24) is 9.78 Å². The van der Waals surface area contributed by atoms with Gasteiger partial charge in [-0.3, -0.25) is 4.68 Å². The van der Waals surface area contributed by atoms with Gasteiger partial charge < -0.3 is 11.1 Å². The molecule has 2 aromatic rings. The summed E-state index contributed by atoms with van der Waals surface area (Å²) in [7, 11) is 1.91. The molecule has 0 bridgehead atoms. The van der Waals surface area contributed by atoms with E-state index in [-0.39, 0.29) is 5.82 Å². The van der Waals surface area contributed by atoms with Gasteiger partial charge in [0.05, 0.1) is 20.6 Å². The third-order valence-electron chi connectivity index (χ3n) is 3.21. The third-order valence-corrected chi connectivity index (χ3v) is 4.03. The number of aromatic nitrogens is 2. The molecule has 3 N–H and O–H groups in total. The van der Waals surface area contributed by atoms with Crippen LogP contribution in [-0.2, 0) is 13.6 Å². The molecule has 0 fully saturated rings. The van der Waals surface area contributed by atoms with Gasteiger partial charge in [-0.25, -0.2) is 4.39 Å². The topological polar surface area (TPSA) is 55.9 Å². The van der Waals surface area contributed by atoms with E-state index in [0.717, 1.165) is 17.0 Å². The zero-order valence-electron chi connectivity index (χ0n) is 11.1. The molecule has 0 amide bonds. The summed E-state index contributed by atoms with van der Waals surface area (Å²) in [5.41, 5.74) is 10.2. The van der Waals surface area contributed by atoms with E-state index >= 15 is 0 Å². The largest absolute Gasteiger partial charge is 0.397 e. The minimum atomic E-state index is -0.267. The molecular weight excluding hydrogens is 358 g/mol. The van der Waals surface area contributed by atoms with Crippen LogP contribution in [-0.4, -0.2) is 9.78 Å². The highest BCUT2D eigenvalue weighted by atomic mass is 127. The summed E-state index contributed by atoms with van der Waals surface area (Å²) in [6, 6.07) is 3.05. The van der Waals surface area contributed by atoms with Gasteiger partial charge in [0.2, 0.25) is 0 Å². The van der Waals surface area contributed by atoms with Gasteiger partial charge in [-0.05, 0) is 42.5 Å². The quantitative estimate of drug-likeness (QED) is 0.642. The molecule has 2 rings (SSSR count). The van der Waals surface area contributed by atoms with Crippen LogP contribution in [0.25, 0.3) is 0 Å². The van der Waals surface area contributed by atoms with Crippen molar-refractivity contribution in [1.29, 1.82) is 0 Å². The summed E-state index contributed by atoms with van der Waals surface area (Å²) in [6.07, 6.45) is 0. The molecule has 0 saturated heterocycles. The number of anilines is 2. The van der Waals surface area contributed by atoms with Crippen molar-refractivity contribution in [3.05, 3.63) is 38.5 Å². The molecule has 0 saturated carbocycles. The molecule has 0 aliphatic carbocycles. The Labute approximate surface area is 125 Å². The smallest absolute Gasteiger partial charge is 0.138 e. The monoisotopic (exact) mass is 374 g/mol. The lowest BCUT2D eigenvalue weighted by molar-refractivity contribution is 0.621. The van der Waals surface area contributed by atoms with Gasteiger partial charge in [0.25, 0.3) is 0 Å². The number of hydrogen-bond donors (Lipinski definition) is 2. The van der Waals surface area contributed by atoms with Crippen LogP contribution in [0.15, 0.2) is 12.1 Å². The van der Waals surface area contributed by atoms with Crippen molar-refractivity contribution in [2.45, 2.75) is 20.4 Å². The Morgan fingerprint density at radius 1 is 1.42 bits per heavy atom. The Hall–Kier alpha value is -1.31. The van der Waals surface area contributed by atoms with Crippen LogP contribution in [0.1, 0.15) is 17.0 Å². The fourth-order valence-corrected chi connectivity index (χ4v) is 2.46. The Kier molecular flexibility index (Phi) is 3.98. The maximum Gasteiger partial charge on any atom is 0.138 e. The van der Waals surface area contributed by atoms with Crippen LogP contribution in [0.4, 0.5) is 15.8 Å². The predicted molar refractivity (Wildman–Crippen MR) is 83.5 cm³/mol. The first-order valence-corrected chi connectivity index (χ1v) is 6.95. The summed E-state index contributed by atoms with van der Waals surface area (Å²) in [5, 5.41) is 7.52. The van der Waals surface area contributed by atoms with Crippen LogP contribution in [0.2, 0.25) is 0 Å². The number of nitrogens with two attached hydrogens (primary N) is 1. The normalized spacial score (nSPS) is 10.8. The molecule has 1 heterocycles. The van der Waals surface area contributed by atoms with Crippen molar-refractivity contribution in [2.24, 2.45) is 7.05 Å². The van der Waals surface area contributed by atoms with E-state index in [2.05, 4.69) is 10.4 Å². The Balaban J connectivity index is 2.21. The lowest BCUT2D eigenvalue weighted by Gasteiger charge is -2.10. The number of rotatable bonds is 3. The van der Waals surface area contributed by atoms with E-state index < -0.39 is 0 Å². The fourth-order valence-electron chi connectivity index (χ4n) is 1.97. The lowest BCUT2D eigenvalue weighted by Crippen LogP contribution is -2.05. The Morgan fingerprint density at radius 2 is 2.11 bits per heavy atom. The van der Waals surface area contributed by atoms with Crippen LogP contribution in [0.3, 0.4) is 0 Å². The maximum absolute atomic E-state index is 13.5. The molecular formula is C13H16FIN4. The van der Waals surface area contributed by atoms with Crippen LogP contribution in [0.5, 0.6) is 0 Å². The average Bonchev–Trinajstić information content (AvgIpc) is 2.57. The second-order valence-electron chi connectivity index (χ2n) is 4.48. The molecule has 1 aromatic heterocycles. The molecule has 0 aliphatic heterocycles. The van der Waals surface area contributed by atoms with E-state index in [9.17, 15) is 4.39 Å². The zero-order chi connectivity index (χ0) is 14.2.